The molecule has 0 aromatic heterocycles. The van der Waals surface area contributed by atoms with Crippen LogP contribution in [0.25, 0.3) is 0 Å². The molecule has 0 heterocycles. The van der Waals surface area contributed by atoms with Crippen LogP contribution in [0, 0.1) is 0 Å². The molecular formula is C57H104N2O6P+. The Morgan fingerprint density at radius 1 is 0.530 bits per heavy atom. The van der Waals surface area contributed by atoms with Gasteiger partial charge in [0.2, 0.25) is 5.91 Å². The summed E-state index contributed by atoms with van der Waals surface area (Å²) in [5.41, 5.74) is 0. The molecule has 0 fully saturated rings. The highest BCUT2D eigenvalue weighted by molar-refractivity contribution is 7.47. The molecule has 0 rings (SSSR count). The lowest BCUT2D eigenvalue weighted by Crippen LogP contribution is -2.46. The van der Waals surface area contributed by atoms with E-state index < -0.39 is 20.0 Å². The van der Waals surface area contributed by atoms with E-state index in [-0.39, 0.29) is 19.1 Å². The number of allylic oxidation sites excluding steroid dienone is 14. The second kappa shape index (κ2) is 47.7. The molecule has 66 heavy (non-hydrogen) atoms. The summed E-state index contributed by atoms with van der Waals surface area (Å²) in [5.74, 6) is -0.178. The second-order valence-corrected chi connectivity index (χ2v) is 20.7. The molecule has 8 nitrogen and oxygen atoms in total. The van der Waals surface area contributed by atoms with E-state index in [1.807, 2.05) is 21.1 Å². The van der Waals surface area contributed by atoms with Crippen LogP contribution in [0.2, 0.25) is 0 Å². The number of hydrogen-bond donors (Lipinski definition) is 3. The van der Waals surface area contributed by atoms with Gasteiger partial charge in [0.1, 0.15) is 13.2 Å². The maximum atomic E-state index is 13.0. The second-order valence-electron chi connectivity index (χ2n) is 19.2. The summed E-state index contributed by atoms with van der Waals surface area (Å²) >= 11 is 0. The van der Waals surface area contributed by atoms with Crippen LogP contribution in [0.5, 0.6) is 0 Å². The summed E-state index contributed by atoms with van der Waals surface area (Å²) in [6.45, 7) is 4.75. The maximum absolute atomic E-state index is 13.0. The number of phosphoric acid groups is 1. The molecule has 382 valence electrons. The first-order chi connectivity index (χ1) is 32.0. The van der Waals surface area contributed by atoms with Crippen molar-refractivity contribution in [2.45, 2.75) is 231 Å². The van der Waals surface area contributed by atoms with Crippen molar-refractivity contribution < 1.29 is 32.9 Å². The number of likely N-dealkylation sites (N-methyl/N-ethyl adjacent to an activating group) is 1. The number of nitrogens with one attached hydrogen (secondary N) is 1. The Morgan fingerprint density at radius 3 is 1.32 bits per heavy atom. The molecule has 0 aromatic rings. The van der Waals surface area contributed by atoms with Crippen LogP contribution in [0.3, 0.4) is 0 Å². The van der Waals surface area contributed by atoms with Crippen LogP contribution in [0.4, 0.5) is 0 Å². The molecule has 1 amide bonds. The SMILES string of the molecule is CC/C=C\C/C=C\C/C=C\C/C=C\C/C=C\C/C=C\C/C=C\CCCCCC(=O)NC(COP(=O)(O)OCC[N+](C)(C)C)C(O)CCCCCCCCCCCCCCCCCCCCC. The van der Waals surface area contributed by atoms with Crippen molar-refractivity contribution in [3.63, 3.8) is 0 Å². The quantitative estimate of drug-likeness (QED) is 0.0243. The van der Waals surface area contributed by atoms with Gasteiger partial charge in [-0.15, -0.1) is 0 Å². The van der Waals surface area contributed by atoms with Crippen LogP contribution in [-0.4, -0.2) is 73.4 Å². The fourth-order valence-corrected chi connectivity index (χ4v) is 8.17. The molecule has 0 aliphatic rings. The number of unbranched alkanes of at least 4 members (excludes halogenated alkanes) is 21. The third kappa shape index (κ3) is 49.6. The zero-order valence-corrected chi connectivity index (χ0v) is 44.3. The van der Waals surface area contributed by atoms with Gasteiger partial charge in [-0.1, -0.05) is 227 Å². The standard InChI is InChI=1S/C57H103N2O6P/c1-6-8-10-12-14-16-18-20-22-24-26-27-28-29-30-31-33-35-37-39-41-43-45-47-49-51-57(61)58-55(54-65-66(62,63)64-53-52-59(3,4)5)56(60)50-48-46-44-42-40-38-36-34-32-25-23-21-19-17-15-13-11-9-7-2/h8,10,14,16,20,22,26-27,29-30,33,35,39,41,55-56,60H,6-7,9,11-13,15,17-19,21,23-25,28,31-32,34,36-38,40,42-54H2,1-5H3,(H-,58,61,62,63)/p+1/b10-8-,16-14-,22-20-,27-26-,30-29-,35-33-,41-39-. The number of nitrogens with zero attached hydrogens (tertiary/aromatic N) is 1. The van der Waals surface area contributed by atoms with Crippen molar-refractivity contribution in [1.29, 1.82) is 0 Å². The fraction of sp³-hybridized carbons (Fsp3) is 0.737. The van der Waals surface area contributed by atoms with Gasteiger partial charge in [0, 0.05) is 6.42 Å². The van der Waals surface area contributed by atoms with Gasteiger partial charge in [0.25, 0.3) is 0 Å². The smallest absolute Gasteiger partial charge is 0.391 e. The molecule has 3 atom stereocenters. The van der Waals surface area contributed by atoms with Crippen LogP contribution < -0.4 is 5.32 Å². The fourth-order valence-electron chi connectivity index (χ4n) is 7.44. The molecule has 0 aromatic carbocycles. The summed E-state index contributed by atoms with van der Waals surface area (Å²) in [7, 11) is 1.58. The lowest BCUT2D eigenvalue weighted by Gasteiger charge is -2.26. The van der Waals surface area contributed by atoms with E-state index in [2.05, 4.69) is 104 Å². The number of quaternary nitrogens is 1. The minimum atomic E-state index is -4.34. The van der Waals surface area contributed by atoms with Crippen molar-refractivity contribution in [2.75, 3.05) is 40.9 Å². The highest BCUT2D eigenvalue weighted by Gasteiger charge is 2.28. The molecule has 0 aliphatic carbocycles. The van der Waals surface area contributed by atoms with E-state index in [1.165, 1.54) is 103 Å². The highest BCUT2D eigenvalue weighted by atomic mass is 31.2. The zero-order chi connectivity index (χ0) is 48.5. The van der Waals surface area contributed by atoms with Gasteiger partial charge in [-0.3, -0.25) is 13.8 Å². The van der Waals surface area contributed by atoms with Gasteiger partial charge in [-0.05, 0) is 70.6 Å². The van der Waals surface area contributed by atoms with Crippen LogP contribution >= 0.6 is 7.82 Å². The van der Waals surface area contributed by atoms with E-state index in [4.69, 9.17) is 9.05 Å². The number of carbonyl (C=O) groups is 1. The topological polar surface area (TPSA) is 105 Å². The first-order valence-corrected chi connectivity index (χ1v) is 28.4. The molecule has 0 bridgehead atoms. The van der Waals surface area contributed by atoms with E-state index in [0.717, 1.165) is 89.9 Å². The van der Waals surface area contributed by atoms with E-state index in [1.54, 1.807) is 0 Å². The first-order valence-electron chi connectivity index (χ1n) is 27.0. The number of amides is 1. The van der Waals surface area contributed by atoms with Gasteiger partial charge in [-0.2, -0.15) is 0 Å². The molecule has 0 spiro atoms. The van der Waals surface area contributed by atoms with Crippen molar-refractivity contribution in [3.8, 4) is 0 Å². The average Bonchev–Trinajstić information content (AvgIpc) is 3.28. The molecule has 0 radical (unpaired) electrons. The van der Waals surface area contributed by atoms with Gasteiger partial charge in [0.15, 0.2) is 0 Å². The summed E-state index contributed by atoms with van der Waals surface area (Å²) in [5, 5.41) is 14.0. The Kier molecular flexibility index (Phi) is 46.1. The van der Waals surface area contributed by atoms with Gasteiger partial charge in [-0.25, -0.2) is 4.57 Å². The summed E-state index contributed by atoms with van der Waals surface area (Å²) in [4.78, 5) is 23.3. The molecule has 0 aliphatic heterocycles. The minimum absolute atomic E-state index is 0.0634. The molecule has 0 saturated heterocycles. The first kappa shape index (κ1) is 63.7. The Balaban J connectivity index is 4.34. The lowest BCUT2D eigenvalue weighted by molar-refractivity contribution is -0.870. The molecule has 3 N–H and O–H groups in total. The highest BCUT2D eigenvalue weighted by Crippen LogP contribution is 2.43. The van der Waals surface area contributed by atoms with Crippen LogP contribution in [-0.2, 0) is 18.4 Å². The Bertz CT molecular complexity index is 1350. The summed E-state index contributed by atoms with van der Waals surface area (Å²) in [6.07, 6.45) is 66.2. The van der Waals surface area contributed by atoms with Crippen molar-refractivity contribution in [1.82, 2.24) is 5.32 Å². The van der Waals surface area contributed by atoms with Crippen LogP contribution in [0.1, 0.15) is 219 Å². The Labute approximate surface area is 407 Å². The number of aliphatic hydroxyl groups excluding tert-OH is 1. The predicted molar refractivity (Wildman–Crippen MR) is 286 cm³/mol. The Hall–Kier alpha value is -2.32. The lowest BCUT2D eigenvalue weighted by atomic mass is 10.0. The number of rotatable bonds is 48. The number of aliphatic hydroxyl groups is 1. The summed E-state index contributed by atoms with van der Waals surface area (Å²) in [6, 6.07) is -0.785. The van der Waals surface area contributed by atoms with E-state index in [0.29, 0.717) is 23.9 Å². The van der Waals surface area contributed by atoms with E-state index in [9.17, 15) is 19.4 Å². The molecular weight excluding hydrogens is 840 g/mol. The average molecular weight is 944 g/mol. The predicted octanol–water partition coefficient (Wildman–Crippen LogP) is 16.1. The van der Waals surface area contributed by atoms with Crippen molar-refractivity contribution in [2.24, 2.45) is 0 Å². The summed E-state index contributed by atoms with van der Waals surface area (Å²) < 4.78 is 23.7. The maximum Gasteiger partial charge on any atom is 0.472 e. The van der Waals surface area contributed by atoms with Gasteiger partial charge < -0.3 is 19.8 Å². The minimum Gasteiger partial charge on any atom is -0.391 e. The normalized spacial score (nSPS) is 14.7. The Morgan fingerprint density at radius 2 is 0.909 bits per heavy atom. The number of phosphoric ester groups is 1. The number of carbonyl (C=O) groups excluding carboxylic acids is 1. The zero-order valence-electron chi connectivity index (χ0n) is 43.4. The third-order valence-electron chi connectivity index (χ3n) is 11.7. The molecule has 3 unspecified atom stereocenters. The molecule has 9 heteroatoms. The van der Waals surface area contributed by atoms with Gasteiger partial charge >= 0.3 is 7.82 Å². The van der Waals surface area contributed by atoms with Crippen molar-refractivity contribution >= 4 is 13.7 Å². The third-order valence-corrected chi connectivity index (χ3v) is 12.6. The monoisotopic (exact) mass is 944 g/mol. The number of hydrogen-bond acceptors (Lipinski definition) is 5. The van der Waals surface area contributed by atoms with Crippen molar-refractivity contribution in [3.05, 3.63) is 85.1 Å². The van der Waals surface area contributed by atoms with Crippen LogP contribution in [0.15, 0.2) is 85.1 Å². The molecule has 0 saturated carbocycles. The largest absolute Gasteiger partial charge is 0.472 e. The van der Waals surface area contributed by atoms with Gasteiger partial charge in [0.05, 0.1) is 39.9 Å². The van der Waals surface area contributed by atoms with E-state index >= 15 is 0 Å².